The molecule has 0 aliphatic carbocycles. The fraction of sp³-hybridized carbons (Fsp3) is 0.258. The molecule has 386 valence electrons. The third kappa shape index (κ3) is 13.5. The molecule has 9 rings (SSSR count). The lowest BCUT2D eigenvalue weighted by Crippen LogP contribution is -3.00. The van der Waals surface area contributed by atoms with Gasteiger partial charge in [-0.1, -0.05) is 165 Å². The van der Waals surface area contributed by atoms with Crippen LogP contribution in [0.5, 0.6) is 11.8 Å². The van der Waals surface area contributed by atoms with Gasteiger partial charge in [-0.25, -0.2) is 9.97 Å². The second-order valence-electron chi connectivity index (χ2n) is 20.8. The Morgan fingerprint density at radius 2 is 0.878 bits per heavy atom. The molecule has 8 nitrogen and oxygen atoms in total. The number of rotatable bonds is 16. The standard InChI is InChI=1S/C33H34BrN2O2.C29H32BrN2O2.2HI/c1-36(2,3)20-19-33(37,29-16-10-14-23-11-8-9-15-27(23)29)31(24-12-6-5-7-13-24)28-22-25-21-26(34)17-18-30(25)35-32(28)38-4;1-32(2,3)18-17-29(33,23-13-9-6-10-14-23)27(21-11-7-5-8-12-21)25-20-22-19-24(30)15-16-26(22)31-28(25)34-4;;/h5-18,21-22,31,37H,19-20H2,1-4H3;5-16,19-20,27,33H,17-18H2,1-4H3;2*1H/q2*+1;;/p-2. The highest BCUT2D eigenvalue weighted by molar-refractivity contribution is 9.10. The molecule has 2 N–H and O–H groups in total. The average molecular weight is 1340 g/mol. The maximum Gasteiger partial charge on any atom is 0.217 e. The van der Waals surface area contributed by atoms with E-state index in [2.05, 4.69) is 147 Å². The van der Waals surface area contributed by atoms with Gasteiger partial charge in [0.2, 0.25) is 11.8 Å². The molecule has 4 atom stereocenters. The van der Waals surface area contributed by atoms with Crippen LogP contribution in [-0.2, 0) is 11.2 Å². The summed E-state index contributed by atoms with van der Waals surface area (Å²) >= 11 is 7.20. The van der Waals surface area contributed by atoms with Crippen LogP contribution in [0.3, 0.4) is 0 Å². The third-order valence-corrected chi connectivity index (χ3v) is 14.6. The molecule has 7 aromatic carbocycles. The van der Waals surface area contributed by atoms with Gasteiger partial charge in [0.05, 0.1) is 80.6 Å². The van der Waals surface area contributed by atoms with Crippen molar-refractivity contribution in [1.82, 2.24) is 9.97 Å². The van der Waals surface area contributed by atoms with Crippen molar-refractivity contribution in [2.24, 2.45) is 0 Å². The van der Waals surface area contributed by atoms with E-state index in [1.165, 1.54) is 0 Å². The summed E-state index contributed by atoms with van der Waals surface area (Å²) in [5, 5.41) is 29.9. The SMILES string of the molecule is COc1nc2ccc(Br)cc2cc1C(c1ccccc1)C(O)(CC[N+](C)(C)C)c1cccc2ccccc12.COc1nc2ccc(Br)cc2cc1C(c1ccccc1)C(O)(CC[N+](C)(C)C)c1ccccc1.[I-].[I-]. The zero-order valence-corrected chi connectivity index (χ0v) is 50.8. The number of aromatic nitrogens is 2. The smallest absolute Gasteiger partial charge is 0.217 e. The zero-order valence-electron chi connectivity index (χ0n) is 43.3. The van der Waals surface area contributed by atoms with Crippen LogP contribution in [0.4, 0.5) is 0 Å². The van der Waals surface area contributed by atoms with Gasteiger partial charge in [-0.15, -0.1) is 0 Å². The molecule has 2 heterocycles. The number of fused-ring (bicyclic) bond motifs is 3. The Morgan fingerprint density at radius 1 is 0.473 bits per heavy atom. The highest BCUT2D eigenvalue weighted by Crippen LogP contribution is 2.50. The molecular weight excluding hydrogens is 1280 g/mol. The Bertz CT molecular complexity index is 3280. The lowest BCUT2D eigenvalue weighted by atomic mass is 9.70. The average Bonchev–Trinajstić information content (AvgIpc) is 3.37. The minimum Gasteiger partial charge on any atom is -1.00 e. The lowest BCUT2D eigenvalue weighted by Gasteiger charge is -2.40. The van der Waals surface area contributed by atoms with E-state index in [0.29, 0.717) is 24.6 Å². The maximum absolute atomic E-state index is 13.2. The summed E-state index contributed by atoms with van der Waals surface area (Å²) in [7, 11) is 16.2. The first-order chi connectivity index (χ1) is 34.4. The van der Waals surface area contributed by atoms with Gasteiger partial charge in [-0.3, -0.25) is 0 Å². The first kappa shape index (κ1) is 58.7. The highest BCUT2D eigenvalue weighted by Gasteiger charge is 2.45. The number of pyridine rings is 2. The summed E-state index contributed by atoms with van der Waals surface area (Å²) in [6.45, 7) is 1.57. The number of halogens is 4. The number of ether oxygens (including phenoxy) is 2. The molecule has 0 fully saturated rings. The van der Waals surface area contributed by atoms with E-state index in [0.717, 1.165) is 97.0 Å². The second kappa shape index (κ2) is 25.1. The number of methoxy groups -OCH3 is 2. The third-order valence-electron chi connectivity index (χ3n) is 13.6. The van der Waals surface area contributed by atoms with Crippen molar-refractivity contribution in [1.29, 1.82) is 0 Å². The van der Waals surface area contributed by atoms with Crippen LogP contribution in [0.15, 0.2) is 191 Å². The van der Waals surface area contributed by atoms with Crippen LogP contribution >= 0.6 is 31.9 Å². The van der Waals surface area contributed by atoms with E-state index < -0.39 is 17.1 Å². The van der Waals surface area contributed by atoms with E-state index in [4.69, 9.17) is 19.4 Å². The summed E-state index contributed by atoms with van der Waals surface area (Å²) in [5.74, 6) is 0.251. The normalized spacial score (nSPS) is 14.1. The topological polar surface area (TPSA) is 84.7 Å². The van der Waals surface area contributed by atoms with Gasteiger partial charge >= 0.3 is 0 Å². The van der Waals surface area contributed by atoms with Crippen LogP contribution < -0.4 is 57.4 Å². The Labute approximate surface area is 488 Å². The van der Waals surface area contributed by atoms with Crippen molar-refractivity contribution in [3.05, 3.63) is 224 Å². The first-order valence-corrected chi connectivity index (χ1v) is 26.0. The van der Waals surface area contributed by atoms with E-state index in [9.17, 15) is 10.2 Å². The van der Waals surface area contributed by atoms with Gasteiger partial charge in [0, 0.05) is 55.5 Å². The summed E-state index contributed by atoms with van der Waals surface area (Å²) in [6, 6.07) is 61.3. The molecular formula is C62H66Br2I2N4O4. The Kier molecular flexibility index (Phi) is 19.9. The Hall–Kier alpha value is -4.52. The summed E-state index contributed by atoms with van der Waals surface area (Å²) in [5.41, 5.74) is 4.83. The maximum atomic E-state index is 13.2. The molecule has 0 saturated carbocycles. The van der Waals surface area contributed by atoms with Crippen LogP contribution in [0.25, 0.3) is 32.6 Å². The number of benzene rings is 7. The number of quaternary nitrogens is 2. The monoisotopic (exact) mass is 1340 g/mol. The molecule has 0 aliphatic heterocycles. The molecule has 12 heteroatoms. The number of nitrogens with zero attached hydrogens (tertiary/aromatic N) is 4. The van der Waals surface area contributed by atoms with Crippen molar-refractivity contribution in [3.8, 4) is 11.8 Å². The van der Waals surface area contributed by atoms with Crippen LogP contribution in [0.2, 0.25) is 0 Å². The first-order valence-electron chi connectivity index (χ1n) is 24.4. The van der Waals surface area contributed by atoms with E-state index >= 15 is 0 Å². The summed E-state index contributed by atoms with van der Waals surface area (Å²) in [4.78, 5) is 9.74. The quantitative estimate of drug-likeness (QED) is 0.0776. The van der Waals surface area contributed by atoms with Crippen LogP contribution in [-0.4, -0.2) is 98.7 Å². The zero-order chi connectivity index (χ0) is 51.3. The molecule has 2 aromatic heterocycles. The van der Waals surface area contributed by atoms with Crippen LogP contribution in [0, 0.1) is 0 Å². The molecule has 0 saturated heterocycles. The fourth-order valence-electron chi connectivity index (χ4n) is 9.98. The highest BCUT2D eigenvalue weighted by atomic mass is 127. The van der Waals surface area contributed by atoms with E-state index in [-0.39, 0.29) is 53.9 Å². The predicted molar refractivity (Wildman–Crippen MR) is 302 cm³/mol. The van der Waals surface area contributed by atoms with Gasteiger partial charge < -0.3 is 76.6 Å². The molecule has 74 heavy (non-hydrogen) atoms. The molecule has 0 radical (unpaired) electrons. The molecule has 0 spiro atoms. The van der Waals surface area contributed by atoms with Crippen molar-refractivity contribution in [3.63, 3.8) is 0 Å². The molecule has 9 aromatic rings. The van der Waals surface area contributed by atoms with Gasteiger partial charge in [0.1, 0.15) is 11.2 Å². The fourth-order valence-corrected chi connectivity index (χ4v) is 10.7. The lowest BCUT2D eigenvalue weighted by molar-refractivity contribution is -0.871. The molecule has 4 unspecified atom stereocenters. The van der Waals surface area contributed by atoms with Crippen LogP contribution in [0.1, 0.15) is 58.1 Å². The molecule has 0 bridgehead atoms. The largest absolute Gasteiger partial charge is 1.00 e. The van der Waals surface area contributed by atoms with Crippen molar-refractivity contribution in [2.75, 3.05) is 69.6 Å². The second-order valence-corrected chi connectivity index (χ2v) is 22.6. The molecule has 0 aliphatic rings. The summed E-state index contributed by atoms with van der Waals surface area (Å²) < 4.78 is 15.2. The van der Waals surface area contributed by atoms with Gasteiger partial charge in [0.15, 0.2) is 0 Å². The van der Waals surface area contributed by atoms with E-state index in [1.54, 1.807) is 14.2 Å². The summed E-state index contributed by atoms with van der Waals surface area (Å²) in [6.07, 6.45) is 1.11. The van der Waals surface area contributed by atoms with Gasteiger partial charge in [-0.05, 0) is 81.6 Å². The van der Waals surface area contributed by atoms with Crippen molar-refractivity contribution >= 4 is 64.4 Å². The minimum atomic E-state index is -1.25. The molecule has 0 amide bonds. The number of hydrogen-bond donors (Lipinski definition) is 2. The predicted octanol–water partition coefficient (Wildman–Crippen LogP) is 7.41. The minimum absolute atomic E-state index is 0. The van der Waals surface area contributed by atoms with Crippen molar-refractivity contribution in [2.45, 2.75) is 35.9 Å². The Balaban J connectivity index is 0.000000236. The van der Waals surface area contributed by atoms with Gasteiger partial charge in [-0.2, -0.15) is 0 Å². The van der Waals surface area contributed by atoms with Gasteiger partial charge in [0.25, 0.3) is 0 Å². The van der Waals surface area contributed by atoms with Crippen molar-refractivity contribution < 1.29 is 76.6 Å². The Morgan fingerprint density at radius 3 is 1.34 bits per heavy atom. The number of aliphatic hydroxyl groups is 2. The number of hydrogen-bond acceptors (Lipinski definition) is 6. The van der Waals surface area contributed by atoms with E-state index in [1.807, 2.05) is 109 Å².